The maximum Gasteiger partial charge on any atom is 1.00 e. The van der Waals surface area contributed by atoms with Gasteiger partial charge in [0.1, 0.15) is 21.5 Å². The van der Waals surface area contributed by atoms with E-state index in [0.717, 1.165) is 5.56 Å². The van der Waals surface area contributed by atoms with Crippen molar-refractivity contribution in [3.8, 4) is 11.5 Å². The number of carboxylic acid groups (broad SMARTS) is 1. The number of carboxylic acids is 1. The standard InChI is InChI=1S/C9H10O4.C7H7ClNO2S.Na/c1-6(9(11)12)13-8-4-2-7(10)3-5-8;1-6-2-4-7(5-3-6)12(10,11)9-8;/h2-6,10H,1H3,(H,11,12);2-5H,1H3;/q;-1;+1. The minimum absolute atomic E-state index is 0. The topological polar surface area (TPSA) is 115 Å². The molecule has 26 heavy (non-hydrogen) atoms. The van der Waals surface area contributed by atoms with E-state index in [-0.39, 0.29) is 40.2 Å². The summed E-state index contributed by atoms with van der Waals surface area (Å²) in [6.07, 6.45) is -0.885. The Kier molecular flexibility index (Phi) is 10.9. The van der Waals surface area contributed by atoms with Crippen LogP contribution in [0, 0.1) is 6.92 Å². The first-order valence-electron chi connectivity index (χ1n) is 6.99. The van der Waals surface area contributed by atoms with Gasteiger partial charge in [-0.15, -0.1) is 0 Å². The Labute approximate surface area is 179 Å². The van der Waals surface area contributed by atoms with E-state index in [9.17, 15) is 13.2 Å². The number of ether oxygens (including phenoxy) is 1. The summed E-state index contributed by atoms with van der Waals surface area (Å²) in [5.74, 6) is -0.476. The van der Waals surface area contributed by atoms with E-state index in [0.29, 0.717) is 5.75 Å². The Hall–Kier alpha value is -1.29. The molecule has 0 aliphatic carbocycles. The molecule has 10 heteroatoms. The summed E-state index contributed by atoms with van der Waals surface area (Å²) in [6, 6.07) is 12.2. The van der Waals surface area contributed by atoms with E-state index < -0.39 is 22.1 Å². The zero-order valence-corrected chi connectivity index (χ0v) is 18.0. The van der Waals surface area contributed by atoms with Crippen LogP contribution in [-0.2, 0) is 14.8 Å². The normalized spacial score (nSPS) is 11.3. The van der Waals surface area contributed by atoms with Crippen LogP contribution < -0.4 is 34.3 Å². The number of benzene rings is 2. The van der Waals surface area contributed by atoms with Gasteiger partial charge in [0.2, 0.25) is 0 Å². The number of carbonyl (C=O) groups is 1. The Balaban J connectivity index is 0.000000464. The maximum atomic E-state index is 11.0. The van der Waals surface area contributed by atoms with Gasteiger partial charge in [-0.05, 0) is 50.2 Å². The molecule has 0 amide bonds. The molecular weight excluding hydrogens is 393 g/mol. The van der Waals surface area contributed by atoms with Crippen LogP contribution >= 0.6 is 11.8 Å². The zero-order chi connectivity index (χ0) is 19.0. The SMILES string of the molecule is CC(Oc1ccc(O)cc1)C(=O)O.Cc1ccc(S(=O)(=O)[N-]Cl)cc1.[Na+]. The number of phenols is 1. The van der Waals surface area contributed by atoms with Gasteiger partial charge in [-0.2, -0.15) is 0 Å². The van der Waals surface area contributed by atoms with Crippen molar-refractivity contribution in [3.05, 3.63) is 58.3 Å². The second-order valence-electron chi connectivity index (χ2n) is 4.95. The van der Waals surface area contributed by atoms with Gasteiger partial charge in [0, 0.05) is 4.90 Å². The fourth-order valence-electron chi connectivity index (χ4n) is 1.53. The number of aromatic hydroxyl groups is 1. The third kappa shape index (κ3) is 8.39. The molecule has 0 aliphatic heterocycles. The Morgan fingerprint density at radius 3 is 2.04 bits per heavy atom. The fourth-order valence-corrected chi connectivity index (χ4v) is 2.33. The van der Waals surface area contributed by atoms with Crippen LogP contribution in [0.2, 0.25) is 0 Å². The van der Waals surface area contributed by atoms with Crippen LogP contribution in [0.5, 0.6) is 11.5 Å². The first-order chi connectivity index (χ1) is 11.7. The molecule has 0 aliphatic rings. The summed E-state index contributed by atoms with van der Waals surface area (Å²) in [7, 11) is -3.62. The molecule has 2 rings (SSSR count). The van der Waals surface area contributed by atoms with Crippen molar-refractivity contribution in [2.75, 3.05) is 0 Å². The van der Waals surface area contributed by atoms with Gasteiger partial charge in [-0.3, -0.25) is 11.8 Å². The maximum absolute atomic E-state index is 11.0. The Bertz CT molecular complexity index is 796. The quantitative estimate of drug-likeness (QED) is 0.693. The van der Waals surface area contributed by atoms with E-state index >= 15 is 0 Å². The van der Waals surface area contributed by atoms with Gasteiger partial charge >= 0.3 is 35.5 Å². The van der Waals surface area contributed by atoms with Crippen LogP contribution in [0.15, 0.2) is 53.4 Å². The van der Waals surface area contributed by atoms with Crippen LogP contribution in [0.1, 0.15) is 12.5 Å². The number of aliphatic carboxylic acids is 1. The van der Waals surface area contributed by atoms with Crippen LogP contribution in [0.4, 0.5) is 0 Å². The van der Waals surface area contributed by atoms with Crippen LogP contribution in [-0.4, -0.2) is 30.7 Å². The van der Waals surface area contributed by atoms with Crippen molar-refractivity contribution in [3.63, 3.8) is 0 Å². The molecular formula is C16H17ClNNaO6S. The van der Waals surface area contributed by atoms with Gasteiger partial charge in [0.05, 0.1) is 0 Å². The molecule has 0 radical (unpaired) electrons. The molecule has 136 valence electrons. The smallest absolute Gasteiger partial charge is 0.508 e. The molecule has 2 aromatic carbocycles. The zero-order valence-electron chi connectivity index (χ0n) is 14.5. The molecule has 0 saturated carbocycles. The van der Waals surface area contributed by atoms with Crippen molar-refractivity contribution in [2.45, 2.75) is 24.8 Å². The van der Waals surface area contributed by atoms with Gasteiger partial charge in [-0.1, -0.05) is 17.7 Å². The number of nitrogens with zero attached hydrogens (tertiary/aromatic N) is 1. The van der Waals surface area contributed by atoms with Gasteiger partial charge < -0.3 is 19.2 Å². The third-order valence-corrected chi connectivity index (χ3v) is 4.50. The average molecular weight is 410 g/mol. The van der Waals surface area contributed by atoms with Crippen LogP contribution in [0.3, 0.4) is 0 Å². The van der Waals surface area contributed by atoms with Crippen molar-refractivity contribution in [2.24, 2.45) is 0 Å². The number of rotatable bonds is 5. The van der Waals surface area contributed by atoms with Crippen LogP contribution in [0.25, 0.3) is 4.24 Å². The second-order valence-corrected chi connectivity index (χ2v) is 6.92. The van der Waals surface area contributed by atoms with E-state index in [1.54, 1.807) is 12.1 Å². The molecule has 0 fully saturated rings. The predicted octanol–water partition coefficient (Wildman–Crippen LogP) is 0.459. The molecule has 2 aromatic rings. The third-order valence-electron chi connectivity index (χ3n) is 2.91. The number of halogens is 1. The Morgan fingerprint density at radius 2 is 1.62 bits per heavy atom. The summed E-state index contributed by atoms with van der Waals surface area (Å²) in [4.78, 5) is 10.5. The minimum atomic E-state index is -3.62. The molecule has 1 unspecified atom stereocenters. The fraction of sp³-hybridized carbons (Fsp3) is 0.188. The molecule has 1 atom stereocenters. The summed E-state index contributed by atoms with van der Waals surface area (Å²) >= 11 is 4.90. The average Bonchev–Trinajstić information content (AvgIpc) is 2.58. The number of hydrogen-bond acceptors (Lipinski definition) is 5. The molecule has 0 saturated heterocycles. The largest absolute Gasteiger partial charge is 1.00 e. The summed E-state index contributed by atoms with van der Waals surface area (Å²) < 4.78 is 29.8. The molecule has 0 spiro atoms. The number of phenolic OH excluding ortho intramolecular Hbond substituents is 1. The summed E-state index contributed by atoms with van der Waals surface area (Å²) in [5.41, 5.74) is 0.989. The number of sulfonamides is 1. The molecule has 2 N–H and O–H groups in total. The van der Waals surface area contributed by atoms with Crippen molar-refractivity contribution in [1.29, 1.82) is 0 Å². The first kappa shape index (κ1) is 24.7. The van der Waals surface area contributed by atoms with Gasteiger partial charge in [0.15, 0.2) is 6.10 Å². The number of aryl methyl sites for hydroxylation is 1. The monoisotopic (exact) mass is 409 g/mol. The molecule has 7 nitrogen and oxygen atoms in total. The number of hydrogen-bond donors (Lipinski definition) is 2. The van der Waals surface area contributed by atoms with Crippen molar-refractivity contribution >= 4 is 27.8 Å². The molecule has 0 aromatic heterocycles. The van der Waals surface area contributed by atoms with Crippen molar-refractivity contribution < 1.29 is 57.7 Å². The second kappa shape index (κ2) is 11.4. The van der Waals surface area contributed by atoms with E-state index in [4.69, 9.17) is 26.7 Å². The first-order valence-corrected chi connectivity index (χ1v) is 8.77. The summed E-state index contributed by atoms with van der Waals surface area (Å²) in [6.45, 7) is 3.31. The minimum Gasteiger partial charge on any atom is -0.508 e. The van der Waals surface area contributed by atoms with E-state index in [1.165, 1.54) is 43.3 Å². The van der Waals surface area contributed by atoms with Gasteiger partial charge in [-0.25, -0.2) is 13.2 Å². The summed E-state index contributed by atoms with van der Waals surface area (Å²) in [5, 5.41) is 17.5. The Morgan fingerprint density at radius 1 is 1.12 bits per heavy atom. The predicted molar refractivity (Wildman–Crippen MR) is 93.4 cm³/mol. The van der Waals surface area contributed by atoms with Gasteiger partial charge in [0.25, 0.3) is 0 Å². The van der Waals surface area contributed by atoms with E-state index in [1.807, 2.05) is 6.92 Å². The molecule has 0 heterocycles. The van der Waals surface area contributed by atoms with E-state index in [2.05, 4.69) is 4.24 Å². The molecule has 0 bridgehead atoms. The van der Waals surface area contributed by atoms with Crippen molar-refractivity contribution in [1.82, 2.24) is 0 Å².